The summed E-state index contributed by atoms with van der Waals surface area (Å²) in [5.41, 5.74) is -0.148. The Kier molecular flexibility index (Phi) is 4.39. The van der Waals surface area contributed by atoms with E-state index < -0.39 is 17.5 Å². The molecule has 3 rings (SSSR count). The third kappa shape index (κ3) is 3.05. The summed E-state index contributed by atoms with van der Waals surface area (Å²) in [6.07, 6.45) is 0. The summed E-state index contributed by atoms with van der Waals surface area (Å²) in [6.45, 7) is 2.12. The molecule has 5 nitrogen and oxygen atoms in total. The summed E-state index contributed by atoms with van der Waals surface area (Å²) < 4.78 is 27.5. The zero-order valence-electron chi connectivity index (χ0n) is 12.7. The summed E-state index contributed by atoms with van der Waals surface area (Å²) in [7, 11) is 0. The molecule has 0 aliphatic carbocycles. The summed E-state index contributed by atoms with van der Waals surface area (Å²) >= 11 is 1.39. The normalized spacial score (nSPS) is 11.0. The molecule has 124 valence electrons. The van der Waals surface area contributed by atoms with Crippen LogP contribution < -0.4 is 10.9 Å². The van der Waals surface area contributed by atoms with E-state index >= 15 is 0 Å². The number of carbonyl (C=O) groups is 1. The molecular formula is C16H13F2N3O2S. The molecule has 0 saturated heterocycles. The molecule has 1 aromatic carbocycles. The molecule has 1 amide bonds. The van der Waals surface area contributed by atoms with Crippen molar-refractivity contribution >= 4 is 27.5 Å². The second-order valence-corrected chi connectivity index (χ2v) is 6.03. The molecule has 0 bridgehead atoms. The second-order valence-electron chi connectivity index (χ2n) is 5.14. The molecule has 1 N–H and O–H groups in total. The Morgan fingerprint density at radius 2 is 2.08 bits per heavy atom. The minimum atomic E-state index is -1.08. The van der Waals surface area contributed by atoms with Crippen molar-refractivity contribution in [3.05, 3.63) is 63.0 Å². The molecule has 0 radical (unpaired) electrons. The van der Waals surface area contributed by atoms with E-state index in [1.807, 2.05) is 0 Å². The molecular weight excluding hydrogens is 336 g/mol. The lowest BCUT2D eigenvalue weighted by atomic mass is 10.2. The van der Waals surface area contributed by atoms with Gasteiger partial charge in [0.15, 0.2) is 11.6 Å². The fraction of sp³-hybridized carbons (Fsp3) is 0.188. The number of aryl methyl sites for hydroxylation is 1. The van der Waals surface area contributed by atoms with Crippen LogP contribution >= 0.6 is 11.3 Å². The number of hydrogen-bond donors (Lipinski definition) is 1. The van der Waals surface area contributed by atoms with Crippen LogP contribution in [0.5, 0.6) is 0 Å². The van der Waals surface area contributed by atoms with Gasteiger partial charge in [-0.1, -0.05) is 0 Å². The van der Waals surface area contributed by atoms with Gasteiger partial charge in [-0.05, 0) is 36.6 Å². The van der Waals surface area contributed by atoms with E-state index in [-0.39, 0.29) is 24.2 Å². The van der Waals surface area contributed by atoms with Gasteiger partial charge in [0.1, 0.15) is 10.7 Å². The molecule has 3 aromatic rings. The van der Waals surface area contributed by atoms with Crippen molar-refractivity contribution in [3.8, 4) is 0 Å². The number of aromatic nitrogens is 2. The van der Waals surface area contributed by atoms with Crippen molar-refractivity contribution in [1.29, 1.82) is 0 Å². The Bertz CT molecular complexity index is 981. The Morgan fingerprint density at radius 1 is 1.29 bits per heavy atom. The fourth-order valence-corrected chi connectivity index (χ4v) is 3.13. The van der Waals surface area contributed by atoms with E-state index in [1.54, 1.807) is 18.4 Å². The number of thiophene rings is 1. The van der Waals surface area contributed by atoms with Crippen LogP contribution in [0.3, 0.4) is 0 Å². The Balaban J connectivity index is 1.71. The summed E-state index contributed by atoms with van der Waals surface area (Å²) in [6, 6.07) is 4.64. The molecule has 24 heavy (non-hydrogen) atoms. The van der Waals surface area contributed by atoms with Crippen molar-refractivity contribution in [3.63, 3.8) is 0 Å². The summed E-state index contributed by atoms with van der Waals surface area (Å²) in [4.78, 5) is 29.3. The number of rotatable bonds is 4. The van der Waals surface area contributed by atoms with Gasteiger partial charge in [-0.25, -0.2) is 13.8 Å². The van der Waals surface area contributed by atoms with Crippen LogP contribution in [0.15, 0.2) is 34.4 Å². The van der Waals surface area contributed by atoms with E-state index in [9.17, 15) is 18.4 Å². The SMILES string of the molecule is Cc1nc2sccc2c(=O)n1CCNC(=O)c1ccc(F)c(F)c1. The lowest BCUT2D eigenvalue weighted by Gasteiger charge is -2.10. The van der Waals surface area contributed by atoms with Crippen molar-refractivity contribution in [2.45, 2.75) is 13.5 Å². The first-order chi connectivity index (χ1) is 11.5. The minimum absolute atomic E-state index is 0.0179. The quantitative estimate of drug-likeness (QED) is 0.787. The van der Waals surface area contributed by atoms with Crippen LogP contribution in [-0.4, -0.2) is 22.0 Å². The Morgan fingerprint density at radius 3 is 2.83 bits per heavy atom. The predicted molar refractivity (Wildman–Crippen MR) is 87.3 cm³/mol. The molecule has 0 atom stereocenters. The van der Waals surface area contributed by atoms with Crippen LogP contribution in [0.1, 0.15) is 16.2 Å². The van der Waals surface area contributed by atoms with Gasteiger partial charge < -0.3 is 5.32 Å². The maximum atomic E-state index is 13.1. The van der Waals surface area contributed by atoms with Gasteiger partial charge in [0.25, 0.3) is 11.5 Å². The highest BCUT2D eigenvalue weighted by Gasteiger charge is 2.11. The van der Waals surface area contributed by atoms with Gasteiger partial charge >= 0.3 is 0 Å². The van der Waals surface area contributed by atoms with Crippen LogP contribution in [0.4, 0.5) is 8.78 Å². The molecule has 0 aliphatic heterocycles. The highest BCUT2D eigenvalue weighted by Crippen LogP contribution is 2.14. The van der Waals surface area contributed by atoms with Gasteiger partial charge in [-0.2, -0.15) is 0 Å². The summed E-state index contributed by atoms with van der Waals surface area (Å²) in [5.74, 6) is -2.08. The second kappa shape index (κ2) is 6.48. The zero-order valence-corrected chi connectivity index (χ0v) is 13.5. The third-order valence-electron chi connectivity index (χ3n) is 3.58. The minimum Gasteiger partial charge on any atom is -0.350 e. The third-order valence-corrected chi connectivity index (χ3v) is 4.38. The first kappa shape index (κ1) is 16.3. The van der Waals surface area contributed by atoms with Gasteiger partial charge in [0, 0.05) is 18.7 Å². The molecule has 0 saturated carbocycles. The standard InChI is InChI=1S/C16H13F2N3O2S/c1-9-20-15-11(4-7-24-15)16(23)21(9)6-5-19-14(22)10-2-3-12(17)13(18)8-10/h2-4,7-8H,5-6H2,1H3,(H,19,22). The van der Waals surface area contributed by atoms with Gasteiger partial charge in [0.05, 0.1) is 5.39 Å². The van der Waals surface area contributed by atoms with E-state index in [0.29, 0.717) is 16.0 Å². The van der Waals surface area contributed by atoms with Crippen molar-refractivity contribution in [2.75, 3.05) is 6.54 Å². The Labute approximate surface area is 139 Å². The zero-order chi connectivity index (χ0) is 17.3. The number of amides is 1. The van der Waals surface area contributed by atoms with Gasteiger partial charge in [-0.15, -0.1) is 11.3 Å². The average Bonchev–Trinajstić information content (AvgIpc) is 3.01. The number of hydrogen-bond acceptors (Lipinski definition) is 4. The van der Waals surface area contributed by atoms with Crippen LogP contribution in [-0.2, 0) is 6.54 Å². The monoisotopic (exact) mass is 349 g/mol. The van der Waals surface area contributed by atoms with Crippen LogP contribution in [0.25, 0.3) is 10.2 Å². The molecule has 8 heteroatoms. The average molecular weight is 349 g/mol. The maximum absolute atomic E-state index is 13.1. The lowest BCUT2D eigenvalue weighted by molar-refractivity contribution is 0.0951. The van der Waals surface area contributed by atoms with Gasteiger partial charge in [0.2, 0.25) is 0 Å². The predicted octanol–water partition coefficient (Wildman–Crippen LogP) is 2.47. The van der Waals surface area contributed by atoms with E-state index in [0.717, 1.165) is 12.1 Å². The number of halogens is 2. The van der Waals surface area contributed by atoms with Crippen LogP contribution in [0, 0.1) is 18.6 Å². The first-order valence-corrected chi connectivity index (χ1v) is 8.03. The molecule has 0 unspecified atom stereocenters. The number of nitrogens with one attached hydrogen (secondary N) is 1. The molecule has 0 aliphatic rings. The molecule has 0 fully saturated rings. The topological polar surface area (TPSA) is 64.0 Å². The van der Waals surface area contributed by atoms with Crippen molar-refractivity contribution in [2.24, 2.45) is 0 Å². The molecule has 2 aromatic heterocycles. The summed E-state index contributed by atoms with van der Waals surface area (Å²) in [5, 5.41) is 4.92. The molecule has 2 heterocycles. The maximum Gasteiger partial charge on any atom is 0.262 e. The highest BCUT2D eigenvalue weighted by molar-refractivity contribution is 7.16. The lowest BCUT2D eigenvalue weighted by Crippen LogP contribution is -2.32. The van der Waals surface area contributed by atoms with E-state index in [2.05, 4.69) is 10.3 Å². The van der Waals surface area contributed by atoms with Crippen LogP contribution in [0.2, 0.25) is 0 Å². The highest BCUT2D eigenvalue weighted by atomic mass is 32.1. The fourth-order valence-electron chi connectivity index (χ4n) is 2.33. The Hall–Kier alpha value is -2.61. The largest absolute Gasteiger partial charge is 0.350 e. The van der Waals surface area contributed by atoms with Crippen molar-refractivity contribution < 1.29 is 13.6 Å². The van der Waals surface area contributed by atoms with E-state index in [4.69, 9.17) is 0 Å². The first-order valence-electron chi connectivity index (χ1n) is 7.15. The molecule has 0 spiro atoms. The van der Waals surface area contributed by atoms with E-state index in [1.165, 1.54) is 22.0 Å². The smallest absolute Gasteiger partial charge is 0.262 e. The number of nitrogens with zero attached hydrogens (tertiary/aromatic N) is 2. The van der Waals surface area contributed by atoms with Crippen molar-refractivity contribution in [1.82, 2.24) is 14.9 Å². The number of fused-ring (bicyclic) bond motifs is 1. The number of carbonyl (C=O) groups excluding carboxylic acids is 1. The number of benzene rings is 1. The van der Waals surface area contributed by atoms with Gasteiger partial charge in [-0.3, -0.25) is 14.2 Å².